The van der Waals surface area contributed by atoms with Crippen LogP contribution in [0, 0.1) is 0 Å². The van der Waals surface area contributed by atoms with Crippen molar-refractivity contribution in [2.75, 3.05) is 53.0 Å². The third-order valence-electron chi connectivity index (χ3n) is 4.98. The molecule has 0 N–H and O–H groups in total. The third kappa shape index (κ3) is 4.95. The molecule has 1 fully saturated rings. The Bertz CT molecular complexity index is 725. The molecule has 0 bridgehead atoms. The van der Waals surface area contributed by atoms with Crippen LogP contribution in [0.1, 0.15) is 24.4 Å². The lowest BCUT2D eigenvalue weighted by molar-refractivity contribution is 0.111. The van der Waals surface area contributed by atoms with Crippen molar-refractivity contribution in [3.8, 4) is 5.75 Å². The van der Waals surface area contributed by atoms with Crippen LogP contribution in [0.5, 0.6) is 5.75 Å². The Kier molecular flexibility index (Phi) is 7.53. The summed E-state index contributed by atoms with van der Waals surface area (Å²) in [5, 5.41) is 12.5. The summed E-state index contributed by atoms with van der Waals surface area (Å²) in [5.74, 6) is 1.72. The molecular formula is C20H30N6O2. The summed E-state index contributed by atoms with van der Waals surface area (Å²) in [6.07, 6.45) is 1.96. The average Bonchev–Trinajstić information content (AvgIpc) is 3.18. The van der Waals surface area contributed by atoms with Gasteiger partial charge in [0.15, 0.2) is 5.82 Å². The van der Waals surface area contributed by atoms with E-state index in [9.17, 15) is 0 Å². The minimum Gasteiger partial charge on any atom is -0.494 e. The summed E-state index contributed by atoms with van der Waals surface area (Å²) in [5.41, 5.74) is 1.16. The molecule has 1 saturated heterocycles. The molecule has 152 valence electrons. The second kappa shape index (κ2) is 10.3. The summed E-state index contributed by atoms with van der Waals surface area (Å²) in [7, 11) is 1.69. The Labute approximate surface area is 166 Å². The summed E-state index contributed by atoms with van der Waals surface area (Å²) in [6, 6.07) is 8.25. The van der Waals surface area contributed by atoms with Crippen molar-refractivity contribution < 1.29 is 9.47 Å². The lowest BCUT2D eigenvalue weighted by Crippen LogP contribution is -2.48. The monoisotopic (exact) mass is 386 g/mol. The zero-order valence-corrected chi connectivity index (χ0v) is 16.8. The van der Waals surface area contributed by atoms with E-state index >= 15 is 0 Å². The molecule has 28 heavy (non-hydrogen) atoms. The van der Waals surface area contributed by atoms with Gasteiger partial charge in [-0.3, -0.25) is 9.80 Å². The minimum atomic E-state index is -0.00610. The molecule has 0 aliphatic carbocycles. The van der Waals surface area contributed by atoms with Crippen LogP contribution in [0.4, 0.5) is 0 Å². The topological polar surface area (TPSA) is 68.5 Å². The number of aromatic nitrogens is 4. The van der Waals surface area contributed by atoms with E-state index in [4.69, 9.17) is 9.47 Å². The Morgan fingerprint density at radius 1 is 1.18 bits per heavy atom. The van der Waals surface area contributed by atoms with Crippen LogP contribution in [0.3, 0.4) is 0 Å². The van der Waals surface area contributed by atoms with Gasteiger partial charge in [0.25, 0.3) is 0 Å². The molecule has 0 radical (unpaired) electrons. The summed E-state index contributed by atoms with van der Waals surface area (Å²) >= 11 is 0. The SMILES string of the molecule is C=CCN1CCN([C@@H](c2ccc(OCC)cc2)c2nnnn2CCOC)CC1. The first-order valence-electron chi connectivity index (χ1n) is 9.81. The average molecular weight is 387 g/mol. The van der Waals surface area contributed by atoms with E-state index in [1.54, 1.807) is 7.11 Å². The maximum absolute atomic E-state index is 5.60. The van der Waals surface area contributed by atoms with Gasteiger partial charge in [-0.25, -0.2) is 4.68 Å². The molecular weight excluding hydrogens is 356 g/mol. The fraction of sp³-hybridized carbons (Fsp3) is 0.550. The van der Waals surface area contributed by atoms with Gasteiger partial charge >= 0.3 is 0 Å². The van der Waals surface area contributed by atoms with E-state index in [0.717, 1.165) is 49.9 Å². The molecule has 1 aromatic carbocycles. The first kappa shape index (κ1) is 20.4. The molecule has 0 amide bonds. The highest BCUT2D eigenvalue weighted by molar-refractivity contribution is 5.32. The highest BCUT2D eigenvalue weighted by atomic mass is 16.5. The summed E-state index contributed by atoms with van der Waals surface area (Å²) in [4.78, 5) is 4.86. The molecule has 1 aliphatic rings. The standard InChI is InChI=1S/C20H30N6O2/c1-4-10-24-11-13-25(14-12-24)19(17-6-8-18(9-7-17)28-5-2)20-21-22-23-26(20)15-16-27-3/h4,6-9,19H,1,5,10-16H2,2-3H3/t19-/m0/s1. The van der Waals surface area contributed by atoms with E-state index in [1.165, 1.54) is 0 Å². The Morgan fingerprint density at radius 3 is 2.57 bits per heavy atom. The maximum Gasteiger partial charge on any atom is 0.173 e. The van der Waals surface area contributed by atoms with Crippen molar-refractivity contribution in [1.82, 2.24) is 30.0 Å². The van der Waals surface area contributed by atoms with Crippen molar-refractivity contribution in [1.29, 1.82) is 0 Å². The molecule has 8 heteroatoms. The molecule has 2 heterocycles. The van der Waals surface area contributed by atoms with Crippen LogP contribution in [-0.4, -0.2) is 83.1 Å². The van der Waals surface area contributed by atoms with Gasteiger partial charge in [0, 0.05) is 39.8 Å². The number of tetrazole rings is 1. The third-order valence-corrected chi connectivity index (χ3v) is 4.98. The number of hydrogen-bond donors (Lipinski definition) is 0. The number of ether oxygens (including phenoxy) is 2. The lowest BCUT2D eigenvalue weighted by Gasteiger charge is -2.38. The quantitative estimate of drug-likeness (QED) is 0.575. The summed E-state index contributed by atoms with van der Waals surface area (Å²) < 4.78 is 12.7. The number of rotatable bonds is 10. The Balaban J connectivity index is 1.86. The zero-order valence-electron chi connectivity index (χ0n) is 16.8. The predicted molar refractivity (Wildman–Crippen MR) is 107 cm³/mol. The number of piperazine rings is 1. The number of nitrogens with zero attached hydrogens (tertiary/aromatic N) is 6. The fourth-order valence-corrected chi connectivity index (χ4v) is 3.57. The molecule has 2 aromatic rings. The zero-order chi connectivity index (χ0) is 19.8. The van der Waals surface area contributed by atoms with Crippen LogP contribution in [0.15, 0.2) is 36.9 Å². The van der Waals surface area contributed by atoms with Gasteiger partial charge in [0.05, 0.1) is 25.8 Å². The van der Waals surface area contributed by atoms with E-state index in [1.807, 2.05) is 29.8 Å². The van der Waals surface area contributed by atoms with Gasteiger partial charge in [0.2, 0.25) is 0 Å². The first-order valence-corrected chi connectivity index (χ1v) is 9.81. The first-order chi connectivity index (χ1) is 13.8. The van der Waals surface area contributed by atoms with Gasteiger partial charge in [-0.1, -0.05) is 18.2 Å². The molecule has 3 rings (SSSR count). The van der Waals surface area contributed by atoms with Crippen LogP contribution in [0.2, 0.25) is 0 Å². The fourth-order valence-electron chi connectivity index (χ4n) is 3.57. The van der Waals surface area contributed by atoms with E-state index in [-0.39, 0.29) is 6.04 Å². The highest BCUT2D eigenvalue weighted by Crippen LogP contribution is 2.29. The maximum atomic E-state index is 5.60. The summed E-state index contributed by atoms with van der Waals surface area (Å²) in [6.45, 7) is 12.5. The van der Waals surface area contributed by atoms with Crippen LogP contribution in [0.25, 0.3) is 0 Å². The van der Waals surface area contributed by atoms with Crippen molar-refractivity contribution in [3.63, 3.8) is 0 Å². The second-order valence-electron chi connectivity index (χ2n) is 6.78. The van der Waals surface area contributed by atoms with Gasteiger partial charge in [-0.15, -0.1) is 11.7 Å². The Morgan fingerprint density at radius 2 is 1.93 bits per heavy atom. The molecule has 8 nitrogen and oxygen atoms in total. The van der Waals surface area contributed by atoms with Gasteiger partial charge in [-0.05, 0) is 35.0 Å². The number of benzene rings is 1. The molecule has 0 saturated carbocycles. The van der Waals surface area contributed by atoms with Gasteiger partial charge in [0.1, 0.15) is 5.75 Å². The molecule has 0 unspecified atom stereocenters. The van der Waals surface area contributed by atoms with Crippen LogP contribution < -0.4 is 4.74 Å². The van der Waals surface area contributed by atoms with Crippen molar-refractivity contribution >= 4 is 0 Å². The normalized spacial score (nSPS) is 16.8. The molecule has 1 atom stereocenters. The van der Waals surface area contributed by atoms with Gasteiger partial charge in [-0.2, -0.15) is 0 Å². The van der Waals surface area contributed by atoms with Crippen LogP contribution >= 0.6 is 0 Å². The van der Waals surface area contributed by atoms with Crippen molar-refractivity contribution in [2.45, 2.75) is 19.5 Å². The Hall–Kier alpha value is -2.29. The van der Waals surface area contributed by atoms with Crippen molar-refractivity contribution in [2.24, 2.45) is 0 Å². The van der Waals surface area contributed by atoms with Gasteiger partial charge < -0.3 is 9.47 Å². The van der Waals surface area contributed by atoms with Crippen LogP contribution in [-0.2, 0) is 11.3 Å². The molecule has 1 aliphatic heterocycles. The minimum absolute atomic E-state index is 0.00610. The smallest absolute Gasteiger partial charge is 0.173 e. The highest BCUT2D eigenvalue weighted by Gasteiger charge is 2.30. The van der Waals surface area contributed by atoms with Crippen molar-refractivity contribution in [3.05, 3.63) is 48.3 Å². The van der Waals surface area contributed by atoms with E-state index < -0.39 is 0 Å². The second-order valence-corrected chi connectivity index (χ2v) is 6.78. The number of methoxy groups -OCH3 is 1. The number of hydrogen-bond acceptors (Lipinski definition) is 7. The largest absolute Gasteiger partial charge is 0.494 e. The van der Waals surface area contributed by atoms with E-state index in [0.29, 0.717) is 19.8 Å². The molecule has 1 aromatic heterocycles. The predicted octanol–water partition coefficient (Wildman–Crippen LogP) is 1.61. The lowest BCUT2D eigenvalue weighted by atomic mass is 10.0. The van der Waals surface area contributed by atoms with E-state index in [2.05, 4.69) is 44.0 Å². The molecule has 0 spiro atoms.